The Morgan fingerprint density at radius 3 is 2.56 bits per heavy atom. The first-order valence-corrected chi connectivity index (χ1v) is 10.3. The van der Waals surface area contributed by atoms with Gasteiger partial charge in [0.15, 0.2) is 0 Å². The Morgan fingerprint density at radius 2 is 1.72 bits per heavy atom. The fourth-order valence-corrected chi connectivity index (χ4v) is 4.06. The van der Waals surface area contributed by atoms with Gasteiger partial charge in [-0.25, -0.2) is 0 Å². The van der Waals surface area contributed by atoms with E-state index in [0.29, 0.717) is 0 Å². The van der Waals surface area contributed by atoms with Crippen LogP contribution in [0.5, 0.6) is 0 Å². The first-order chi connectivity index (χ1) is 15.7. The van der Waals surface area contributed by atoms with Gasteiger partial charge in [0.1, 0.15) is 5.69 Å². The number of pyridine rings is 2. The second-order valence-corrected chi connectivity index (χ2v) is 8.00. The summed E-state index contributed by atoms with van der Waals surface area (Å²) in [5, 5.41) is 9.89. The lowest BCUT2D eigenvalue weighted by atomic mass is 10.0. The van der Waals surface area contributed by atoms with Crippen LogP contribution in [-0.2, 0) is 0 Å². The van der Waals surface area contributed by atoms with Gasteiger partial charge in [0.25, 0.3) is 0 Å². The molecule has 0 saturated heterocycles. The number of anilines is 1. The molecule has 32 heavy (non-hydrogen) atoms. The summed E-state index contributed by atoms with van der Waals surface area (Å²) in [7, 11) is 4.03. The number of hydrogen-bond donors (Lipinski definition) is 2. The quantitative estimate of drug-likeness (QED) is 0.394. The molecule has 0 bridgehead atoms. The number of rotatable bonds is 4. The molecule has 7 heteroatoms. The highest BCUT2D eigenvalue weighted by atomic mass is 16.3. The van der Waals surface area contributed by atoms with E-state index in [9.17, 15) is 0 Å². The summed E-state index contributed by atoms with van der Waals surface area (Å²) in [5.41, 5.74) is 8.96. The van der Waals surface area contributed by atoms with E-state index in [1.807, 2.05) is 44.9 Å². The van der Waals surface area contributed by atoms with Crippen LogP contribution < -0.4 is 4.90 Å². The topological polar surface area (TPSA) is 86.6 Å². The zero-order chi connectivity index (χ0) is 21.7. The predicted molar refractivity (Wildman–Crippen MR) is 126 cm³/mol. The van der Waals surface area contributed by atoms with E-state index in [1.165, 1.54) is 0 Å². The maximum absolute atomic E-state index is 5.27. The maximum atomic E-state index is 5.27. The summed E-state index contributed by atoms with van der Waals surface area (Å²) in [6, 6.07) is 12.5. The van der Waals surface area contributed by atoms with Crippen LogP contribution in [0.1, 0.15) is 0 Å². The van der Waals surface area contributed by atoms with Crippen LogP contribution in [0.3, 0.4) is 0 Å². The van der Waals surface area contributed by atoms with Crippen molar-refractivity contribution in [2.75, 3.05) is 19.0 Å². The molecule has 0 saturated carbocycles. The number of H-pyrrole nitrogens is 2. The molecule has 6 rings (SSSR count). The van der Waals surface area contributed by atoms with Gasteiger partial charge in [-0.3, -0.25) is 15.1 Å². The van der Waals surface area contributed by atoms with Crippen LogP contribution in [0.4, 0.5) is 5.69 Å². The lowest BCUT2D eigenvalue weighted by molar-refractivity contribution is 0.568. The fraction of sp³-hybridized carbons (Fsp3) is 0.0800. The Morgan fingerprint density at radius 1 is 0.812 bits per heavy atom. The highest BCUT2D eigenvalue weighted by Gasteiger charge is 2.15. The van der Waals surface area contributed by atoms with Gasteiger partial charge in [0.2, 0.25) is 0 Å². The third-order valence-electron chi connectivity index (χ3n) is 5.77. The van der Waals surface area contributed by atoms with Crippen molar-refractivity contribution in [1.82, 2.24) is 25.1 Å². The van der Waals surface area contributed by atoms with Crippen LogP contribution in [0, 0.1) is 0 Å². The van der Waals surface area contributed by atoms with Gasteiger partial charge in [0.05, 0.1) is 47.3 Å². The summed E-state index contributed by atoms with van der Waals surface area (Å²) in [4.78, 5) is 14.3. The third-order valence-corrected chi connectivity index (χ3v) is 5.77. The number of fused-ring (bicyclic) bond motifs is 2. The summed E-state index contributed by atoms with van der Waals surface area (Å²) in [6.07, 6.45) is 10.8. The Kier molecular flexibility index (Phi) is 4.07. The average molecular weight is 420 g/mol. The number of furan rings is 1. The van der Waals surface area contributed by atoms with Crippen LogP contribution in [0.2, 0.25) is 0 Å². The first-order valence-electron chi connectivity index (χ1n) is 10.3. The van der Waals surface area contributed by atoms with E-state index < -0.39 is 0 Å². The molecule has 0 atom stereocenters. The Hall–Kier alpha value is -4.39. The molecular weight excluding hydrogens is 400 g/mol. The van der Waals surface area contributed by atoms with Crippen LogP contribution >= 0.6 is 0 Å². The van der Waals surface area contributed by atoms with Crippen molar-refractivity contribution in [1.29, 1.82) is 0 Å². The summed E-state index contributed by atoms with van der Waals surface area (Å²) in [6.45, 7) is 0. The second-order valence-electron chi connectivity index (χ2n) is 8.00. The number of nitrogens with one attached hydrogen (secondary N) is 2. The number of aromatic nitrogens is 5. The largest absolute Gasteiger partial charge is 0.472 e. The summed E-state index contributed by atoms with van der Waals surface area (Å²) in [5.74, 6) is 0. The lowest BCUT2D eigenvalue weighted by Crippen LogP contribution is -2.08. The molecule has 0 aliphatic rings. The van der Waals surface area contributed by atoms with E-state index in [4.69, 9.17) is 4.42 Å². The molecule has 5 heterocycles. The van der Waals surface area contributed by atoms with E-state index in [-0.39, 0.29) is 0 Å². The van der Waals surface area contributed by atoms with Crippen molar-refractivity contribution in [3.05, 3.63) is 73.7 Å². The van der Waals surface area contributed by atoms with Crippen molar-refractivity contribution >= 4 is 27.5 Å². The maximum Gasteiger partial charge on any atom is 0.116 e. The molecule has 7 nitrogen and oxygen atoms in total. The average Bonchev–Trinajstić information content (AvgIpc) is 3.57. The highest BCUT2D eigenvalue weighted by molar-refractivity contribution is 6.01. The Balaban J connectivity index is 1.49. The van der Waals surface area contributed by atoms with Crippen molar-refractivity contribution < 1.29 is 4.42 Å². The molecule has 0 spiro atoms. The zero-order valence-electron chi connectivity index (χ0n) is 17.6. The zero-order valence-corrected chi connectivity index (χ0v) is 17.6. The van der Waals surface area contributed by atoms with Crippen molar-refractivity contribution in [2.24, 2.45) is 0 Å². The minimum absolute atomic E-state index is 0.868. The molecule has 2 N–H and O–H groups in total. The Bertz CT molecular complexity index is 1560. The molecule has 1 aromatic carbocycles. The van der Waals surface area contributed by atoms with Gasteiger partial charge in [-0.2, -0.15) is 5.10 Å². The van der Waals surface area contributed by atoms with Gasteiger partial charge in [-0.1, -0.05) is 6.07 Å². The number of aromatic amines is 2. The molecule has 0 fully saturated rings. The summed E-state index contributed by atoms with van der Waals surface area (Å²) < 4.78 is 5.27. The molecule has 0 radical (unpaired) electrons. The Labute approximate surface area is 183 Å². The molecule has 6 aromatic rings. The van der Waals surface area contributed by atoms with E-state index >= 15 is 0 Å². The molecule has 156 valence electrons. The number of nitrogens with zero attached hydrogens (tertiary/aromatic N) is 4. The van der Waals surface area contributed by atoms with Crippen LogP contribution in [0.25, 0.3) is 55.4 Å². The van der Waals surface area contributed by atoms with Crippen molar-refractivity contribution in [3.63, 3.8) is 0 Å². The molecule has 0 amide bonds. The van der Waals surface area contributed by atoms with Crippen molar-refractivity contribution in [3.8, 4) is 33.6 Å². The van der Waals surface area contributed by atoms with E-state index in [1.54, 1.807) is 12.5 Å². The smallest absolute Gasteiger partial charge is 0.116 e. The molecule has 0 aliphatic heterocycles. The van der Waals surface area contributed by atoms with Crippen LogP contribution in [0.15, 0.2) is 78.1 Å². The minimum Gasteiger partial charge on any atom is -0.472 e. The monoisotopic (exact) mass is 420 g/mol. The standard InChI is InChI=1S/C25H20N6O/c1-31(2)18-7-17(10-26-11-18)15-3-4-22-20(8-15)25(30-29-22)23-9-19-21(16-5-6-32-14-16)12-27-13-24(19)28-23/h3-14,28H,1-2H3,(H,29,30). The lowest BCUT2D eigenvalue weighted by Gasteiger charge is -2.13. The van der Waals surface area contributed by atoms with Crippen molar-refractivity contribution in [2.45, 2.75) is 0 Å². The second kappa shape index (κ2) is 7.09. The van der Waals surface area contributed by atoms with Crippen LogP contribution in [-0.4, -0.2) is 39.2 Å². The normalized spacial score (nSPS) is 11.4. The van der Waals surface area contributed by atoms with Gasteiger partial charge in [-0.15, -0.1) is 0 Å². The third kappa shape index (κ3) is 2.94. The van der Waals surface area contributed by atoms with Gasteiger partial charge < -0.3 is 14.3 Å². The fourth-order valence-electron chi connectivity index (χ4n) is 4.06. The minimum atomic E-state index is 0.868. The highest BCUT2D eigenvalue weighted by Crippen LogP contribution is 2.35. The number of benzene rings is 1. The first kappa shape index (κ1) is 18.4. The van der Waals surface area contributed by atoms with E-state index in [0.717, 1.165) is 61.1 Å². The number of hydrogen-bond acceptors (Lipinski definition) is 5. The molecule has 5 aromatic heterocycles. The van der Waals surface area contributed by atoms with Gasteiger partial charge in [-0.05, 0) is 35.9 Å². The molecule has 0 unspecified atom stereocenters. The molecular formula is C25H20N6O. The molecule has 0 aliphatic carbocycles. The summed E-state index contributed by atoms with van der Waals surface area (Å²) >= 11 is 0. The van der Waals surface area contributed by atoms with E-state index in [2.05, 4.69) is 60.4 Å². The predicted octanol–water partition coefficient (Wildman–Crippen LogP) is 5.49. The SMILES string of the molecule is CN(C)c1cncc(-c2ccc3[nH]nc(-c4cc5c(-c6ccoc6)cncc5[nH]4)c3c2)c1. The van der Waals surface area contributed by atoms with Gasteiger partial charge in [0, 0.05) is 54.0 Å². The van der Waals surface area contributed by atoms with Gasteiger partial charge >= 0.3 is 0 Å².